The van der Waals surface area contributed by atoms with Gasteiger partial charge in [0.25, 0.3) is 0 Å². The summed E-state index contributed by atoms with van der Waals surface area (Å²) in [6.45, 7) is 0. The van der Waals surface area contributed by atoms with Gasteiger partial charge in [0.1, 0.15) is 5.75 Å². The zero-order valence-electron chi connectivity index (χ0n) is 8.80. The Kier molecular flexibility index (Phi) is 3.88. The van der Waals surface area contributed by atoms with Crippen LogP contribution in [-0.4, -0.2) is 29.1 Å². The lowest BCUT2D eigenvalue weighted by Gasteiger charge is -2.11. The molecule has 0 aliphatic heterocycles. The summed E-state index contributed by atoms with van der Waals surface area (Å²) in [5.74, 6) is -2.22. The number of benzene rings is 1. The van der Waals surface area contributed by atoms with E-state index in [4.69, 9.17) is 10.2 Å². The highest BCUT2D eigenvalue weighted by Crippen LogP contribution is 2.22. The van der Waals surface area contributed by atoms with Crippen molar-refractivity contribution in [2.24, 2.45) is 0 Å². The van der Waals surface area contributed by atoms with E-state index in [1.165, 1.54) is 31.3 Å². The van der Waals surface area contributed by atoms with Crippen LogP contribution in [-0.2, 0) is 9.59 Å². The van der Waals surface area contributed by atoms with Gasteiger partial charge in [-0.2, -0.15) is 0 Å². The third-order valence-corrected chi connectivity index (χ3v) is 2.26. The molecule has 0 heterocycles. The summed E-state index contributed by atoms with van der Waals surface area (Å²) in [6.07, 6.45) is -0.114. The number of amides is 1. The summed E-state index contributed by atoms with van der Waals surface area (Å²) >= 11 is 0. The van der Waals surface area contributed by atoms with Gasteiger partial charge in [0, 0.05) is 13.5 Å². The molecule has 3 N–H and O–H groups in total. The monoisotopic (exact) mass is 223 g/mol. The molecule has 1 atom stereocenters. The van der Waals surface area contributed by atoms with E-state index in [0.29, 0.717) is 5.56 Å². The van der Waals surface area contributed by atoms with Crippen molar-refractivity contribution in [3.63, 3.8) is 0 Å². The molecular formula is C11H13NO4. The largest absolute Gasteiger partial charge is 0.508 e. The van der Waals surface area contributed by atoms with E-state index >= 15 is 0 Å². The van der Waals surface area contributed by atoms with E-state index in [0.717, 1.165) is 0 Å². The molecule has 0 aliphatic rings. The Morgan fingerprint density at radius 1 is 1.31 bits per heavy atom. The molecule has 0 saturated carbocycles. The highest BCUT2D eigenvalue weighted by molar-refractivity contribution is 5.85. The van der Waals surface area contributed by atoms with Gasteiger partial charge in [-0.05, 0) is 17.7 Å². The van der Waals surface area contributed by atoms with E-state index in [1.807, 2.05) is 0 Å². The molecule has 0 radical (unpaired) electrons. The quantitative estimate of drug-likeness (QED) is 0.701. The highest BCUT2D eigenvalue weighted by atomic mass is 16.4. The molecule has 0 aromatic heterocycles. The second-order valence-electron chi connectivity index (χ2n) is 3.36. The second kappa shape index (κ2) is 5.16. The van der Waals surface area contributed by atoms with Crippen LogP contribution in [0.3, 0.4) is 0 Å². The van der Waals surface area contributed by atoms with E-state index in [9.17, 15) is 9.59 Å². The lowest BCUT2D eigenvalue weighted by Crippen LogP contribution is -2.24. The number of hydrogen-bond donors (Lipinski definition) is 3. The normalized spacial score (nSPS) is 11.8. The number of carbonyl (C=O) groups excluding carboxylic acids is 1. The number of aliphatic carboxylic acids is 1. The van der Waals surface area contributed by atoms with Crippen LogP contribution in [0, 0.1) is 0 Å². The van der Waals surface area contributed by atoms with Crippen molar-refractivity contribution in [1.29, 1.82) is 0 Å². The van der Waals surface area contributed by atoms with Crippen LogP contribution in [0.1, 0.15) is 17.9 Å². The van der Waals surface area contributed by atoms with Crippen LogP contribution < -0.4 is 5.32 Å². The zero-order valence-corrected chi connectivity index (χ0v) is 8.80. The summed E-state index contributed by atoms with van der Waals surface area (Å²) < 4.78 is 0. The highest BCUT2D eigenvalue weighted by Gasteiger charge is 2.22. The average Bonchev–Trinajstić information content (AvgIpc) is 2.26. The molecule has 5 heteroatoms. The molecule has 0 saturated heterocycles. The molecule has 5 nitrogen and oxygen atoms in total. The van der Waals surface area contributed by atoms with Gasteiger partial charge >= 0.3 is 5.97 Å². The van der Waals surface area contributed by atoms with Gasteiger partial charge in [-0.3, -0.25) is 9.59 Å². The Balaban J connectivity index is 2.89. The molecule has 0 bridgehead atoms. The molecule has 0 aliphatic carbocycles. The summed E-state index contributed by atoms with van der Waals surface area (Å²) in [6, 6.07) is 5.79. The van der Waals surface area contributed by atoms with E-state index < -0.39 is 11.9 Å². The Bertz CT molecular complexity index is 385. The van der Waals surface area contributed by atoms with Crippen LogP contribution in [0.15, 0.2) is 24.3 Å². The van der Waals surface area contributed by atoms with Gasteiger partial charge in [-0.15, -0.1) is 0 Å². The van der Waals surface area contributed by atoms with Crippen LogP contribution in [0.4, 0.5) is 0 Å². The van der Waals surface area contributed by atoms with Crippen molar-refractivity contribution < 1.29 is 19.8 Å². The van der Waals surface area contributed by atoms with Crippen LogP contribution in [0.25, 0.3) is 0 Å². The van der Waals surface area contributed by atoms with Gasteiger partial charge in [0.15, 0.2) is 0 Å². The predicted octanol–water partition coefficient (Wildman–Crippen LogP) is 0.696. The maximum atomic E-state index is 11.1. The van der Waals surface area contributed by atoms with Crippen molar-refractivity contribution in [2.45, 2.75) is 12.3 Å². The molecule has 1 amide bonds. The molecule has 0 spiro atoms. The van der Waals surface area contributed by atoms with Crippen LogP contribution in [0.2, 0.25) is 0 Å². The lowest BCUT2D eigenvalue weighted by atomic mass is 9.95. The van der Waals surface area contributed by atoms with Crippen molar-refractivity contribution >= 4 is 11.9 Å². The first-order valence-corrected chi connectivity index (χ1v) is 4.77. The molecule has 16 heavy (non-hydrogen) atoms. The number of carbonyl (C=O) groups is 2. The molecule has 1 aromatic rings. The smallest absolute Gasteiger partial charge is 0.311 e. The SMILES string of the molecule is CNC(=O)CC(C(=O)O)c1ccc(O)cc1. The molecule has 1 unspecified atom stereocenters. The van der Waals surface area contributed by atoms with Gasteiger partial charge in [0.2, 0.25) is 5.91 Å². The minimum atomic E-state index is -1.06. The Hall–Kier alpha value is -2.04. The average molecular weight is 223 g/mol. The topological polar surface area (TPSA) is 86.6 Å². The summed E-state index contributed by atoms with van der Waals surface area (Å²) in [5.41, 5.74) is 0.494. The summed E-state index contributed by atoms with van der Waals surface area (Å²) in [5, 5.41) is 20.5. The minimum Gasteiger partial charge on any atom is -0.508 e. The molecule has 86 valence electrons. The number of carboxylic acid groups (broad SMARTS) is 1. The van der Waals surface area contributed by atoms with E-state index in [1.54, 1.807) is 0 Å². The van der Waals surface area contributed by atoms with E-state index in [-0.39, 0.29) is 18.1 Å². The summed E-state index contributed by atoms with van der Waals surface area (Å²) in [4.78, 5) is 22.1. The van der Waals surface area contributed by atoms with Crippen LogP contribution in [0.5, 0.6) is 5.75 Å². The number of phenolic OH excluding ortho intramolecular Hbond substituents is 1. The number of phenols is 1. The second-order valence-corrected chi connectivity index (χ2v) is 3.36. The van der Waals surface area contributed by atoms with Gasteiger partial charge < -0.3 is 15.5 Å². The van der Waals surface area contributed by atoms with Gasteiger partial charge in [-0.25, -0.2) is 0 Å². The molecule has 1 aromatic carbocycles. The van der Waals surface area contributed by atoms with Crippen molar-refractivity contribution in [3.8, 4) is 5.75 Å². The molecule has 0 fully saturated rings. The number of nitrogens with one attached hydrogen (secondary N) is 1. The van der Waals surface area contributed by atoms with Crippen LogP contribution >= 0.6 is 0 Å². The Morgan fingerprint density at radius 2 is 1.88 bits per heavy atom. The fourth-order valence-corrected chi connectivity index (χ4v) is 1.34. The van der Waals surface area contributed by atoms with Gasteiger partial charge in [0.05, 0.1) is 5.92 Å². The Labute approximate surface area is 92.7 Å². The first-order chi connectivity index (χ1) is 7.54. The maximum absolute atomic E-state index is 11.1. The number of aromatic hydroxyl groups is 1. The first kappa shape index (κ1) is 12.0. The van der Waals surface area contributed by atoms with Gasteiger partial charge in [-0.1, -0.05) is 12.1 Å². The fourth-order valence-electron chi connectivity index (χ4n) is 1.34. The zero-order chi connectivity index (χ0) is 12.1. The lowest BCUT2D eigenvalue weighted by molar-refractivity contribution is -0.140. The summed E-state index contributed by atoms with van der Waals surface area (Å²) in [7, 11) is 1.46. The third-order valence-electron chi connectivity index (χ3n) is 2.26. The Morgan fingerprint density at radius 3 is 2.31 bits per heavy atom. The van der Waals surface area contributed by atoms with E-state index in [2.05, 4.69) is 5.32 Å². The first-order valence-electron chi connectivity index (χ1n) is 4.77. The predicted molar refractivity (Wildman–Crippen MR) is 57.2 cm³/mol. The third kappa shape index (κ3) is 2.98. The number of hydrogen-bond acceptors (Lipinski definition) is 3. The maximum Gasteiger partial charge on any atom is 0.311 e. The van der Waals surface area contributed by atoms with Crippen molar-refractivity contribution in [3.05, 3.63) is 29.8 Å². The number of carboxylic acids is 1. The fraction of sp³-hybridized carbons (Fsp3) is 0.273. The van der Waals surface area contributed by atoms with Crippen molar-refractivity contribution in [2.75, 3.05) is 7.05 Å². The van der Waals surface area contributed by atoms with Crippen molar-refractivity contribution in [1.82, 2.24) is 5.32 Å². The minimum absolute atomic E-state index is 0.0628. The standard InChI is InChI=1S/C11H13NO4/c1-12-10(14)6-9(11(15)16)7-2-4-8(13)5-3-7/h2-5,9,13H,6H2,1H3,(H,12,14)(H,15,16). The number of rotatable bonds is 4. The molecule has 1 rings (SSSR count). The molecular weight excluding hydrogens is 210 g/mol.